The molecule has 0 bridgehead atoms. The molecule has 0 atom stereocenters. The Labute approximate surface area is 190 Å². The largest absolute Gasteiger partial charge is 0.303 e. The van der Waals surface area contributed by atoms with Gasteiger partial charge in [-0.25, -0.2) is 0 Å². The molecule has 1 heterocycles. The van der Waals surface area contributed by atoms with Crippen molar-refractivity contribution < 1.29 is 4.79 Å². The van der Waals surface area contributed by atoms with E-state index in [4.69, 9.17) is 0 Å². The second-order valence-electron chi connectivity index (χ2n) is 9.50. The topological polar surface area (TPSA) is 58.1 Å². The van der Waals surface area contributed by atoms with E-state index in [-0.39, 0.29) is 16.7 Å². The van der Waals surface area contributed by atoms with E-state index in [1.165, 1.54) is 11.3 Å². The Balaban J connectivity index is 2.12. The third-order valence-electron chi connectivity index (χ3n) is 5.08. The normalized spacial score (nSPS) is 12.4. The third kappa shape index (κ3) is 7.06. The average molecular weight is 449 g/mol. The van der Waals surface area contributed by atoms with E-state index in [9.17, 15) is 4.79 Å². The Kier molecular flexibility index (Phi) is 8.48. The highest BCUT2D eigenvalue weighted by molar-refractivity contribution is 8.01. The number of hydrogen-bond donors (Lipinski definition) is 1. The van der Waals surface area contributed by atoms with Crippen LogP contribution in [0.2, 0.25) is 0 Å². The molecule has 30 heavy (non-hydrogen) atoms. The second-order valence-corrected chi connectivity index (χ2v) is 11.8. The van der Waals surface area contributed by atoms with Gasteiger partial charge in [-0.1, -0.05) is 84.6 Å². The molecule has 0 aliphatic rings. The summed E-state index contributed by atoms with van der Waals surface area (Å²) in [5.41, 5.74) is 2.91. The minimum Gasteiger partial charge on any atom is -0.303 e. The van der Waals surface area contributed by atoms with Gasteiger partial charge in [0.05, 0.1) is 0 Å². The van der Waals surface area contributed by atoms with E-state index in [0.29, 0.717) is 10.7 Å². The first kappa shape index (κ1) is 24.8. The number of nitrogens with one attached hydrogen (secondary N) is 1. The highest BCUT2D eigenvalue weighted by Crippen LogP contribution is 2.31. The highest BCUT2D eigenvalue weighted by Gasteiger charge is 2.22. The van der Waals surface area contributed by atoms with Crippen molar-refractivity contribution in [2.24, 2.45) is 0 Å². The number of anilines is 1. The average Bonchev–Trinajstić information content (AvgIpc) is 3.10. The van der Waals surface area contributed by atoms with Gasteiger partial charge < -0.3 is 4.90 Å². The number of aromatic nitrogens is 2. The molecule has 7 heteroatoms. The maximum atomic E-state index is 13.0. The molecule has 1 N–H and O–H groups in total. The lowest BCUT2D eigenvalue weighted by Gasteiger charge is -2.26. The summed E-state index contributed by atoms with van der Waals surface area (Å²) >= 11 is 3.12. The quantitative estimate of drug-likeness (QED) is 0.407. The van der Waals surface area contributed by atoms with Crippen LogP contribution in [0.25, 0.3) is 0 Å². The SMILES string of the molecule is CCN(CC)CCSc1nnc(NC(=O)c2cc(C(C)(C)C)cc(C(C)(C)C)c2)s1. The van der Waals surface area contributed by atoms with Crippen LogP contribution >= 0.6 is 23.1 Å². The first-order valence-electron chi connectivity index (χ1n) is 10.6. The van der Waals surface area contributed by atoms with Crippen LogP contribution in [0, 0.1) is 0 Å². The van der Waals surface area contributed by atoms with Gasteiger partial charge in [0.2, 0.25) is 5.13 Å². The van der Waals surface area contributed by atoms with Gasteiger partial charge in [0.25, 0.3) is 5.91 Å². The van der Waals surface area contributed by atoms with Gasteiger partial charge in [-0.3, -0.25) is 10.1 Å². The Bertz CT molecular complexity index is 813. The van der Waals surface area contributed by atoms with Crippen molar-refractivity contribution in [3.8, 4) is 0 Å². The lowest BCUT2D eigenvalue weighted by molar-refractivity contribution is 0.102. The Morgan fingerprint density at radius 2 is 1.57 bits per heavy atom. The Hall–Kier alpha value is -1.44. The van der Waals surface area contributed by atoms with Crippen LogP contribution in [0.15, 0.2) is 22.5 Å². The lowest BCUT2D eigenvalue weighted by atomic mass is 9.79. The van der Waals surface area contributed by atoms with E-state index in [1.54, 1.807) is 11.8 Å². The van der Waals surface area contributed by atoms with Gasteiger partial charge in [-0.2, -0.15) is 0 Å². The molecule has 1 aromatic carbocycles. The molecule has 0 aliphatic carbocycles. The van der Waals surface area contributed by atoms with Crippen LogP contribution in [0.4, 0.5) is 5.13 Å². The summed E-state index contributed by atoms with van der Waals surface area (Å²) in [6.07, 6.45) is 0. The maximum Gasteiger partial charge on any atom is 0.257 e. The second kappa shape index (κ2) is 10.2. The number of benzene rings is 1. The van der Waals surface area contributed by atoms with Crippen LogP contribution in [-0.4, -0.2) is 46.4 Å². The lowest BCUT2D eigenvalue weighted by Crippen LogP contribution is -2.25. The molecule has 0 fully saturated rings. The van der Waals surface area contributed by atoms with Crippen molar-refractivity contribution >= 4 is 34.1 Å². The summed E-state index contributed by atoms with van der Waals surface area (Å²) in [6.45, 7) is 20.5. The fraction of sp³-hybridized carbons (Fsp3) is 0.609. The summed E-state index contributed by atoms with van der Waals surface area (Å²) in [7, 11) is 0. The monoisotopic (exact) mass is 448 g/mol. The summed E-state index contributed by atoms with van der Waals surface area (Å²) in [6, 6.07) is 6.20. The van der Waals surface area contributed by atoms with E-state index in [1.807, 2.05) is 12.1 Å². The predicted molar refractivity (Wildman–Crippen MR) is 130 cm³/mol. The molecule has 0 radical (unpaired) electrons. The number of nitrogens with zero attached hydrogens (tertiary/aromatic N) is 3. The molecule has 0 unspecified atom stereocenters. The van der Waals surface area contributed by atoms with Crippen LogP contribution in [-0.2, 0) is 10.8 Å². The minimum absolute atomic E-state index is 0.0340. The van der Waals surface area contributed by atoms with E-state index >= 15 is 0 Å². The zero-order valence-corrected chi connectivity index (χ0v) is 21.3. The highest BCUT2D eigenvalue weighted by atomic mass is 32.2. The number of carbonyl (C=O) groups excluding carboxylic acids is 1. The molecule has 5 nitrogen and oxygen atoms in total. The number of carbonyl (C=O) groups is 1. The molecular formula is C23H36N4OS2. The molecule has 0 saturated carbocycles. The van der Waals surface area contributed by atoms with Crippen LogP contribution in [0.5, 0.6) is 0 Å². The zero-order chi connectivity index (χ0) is 22.5. The molecule has 0 saturated heterocycles. The standard InChI is InChI=1S/C23H36N4OS2/c1-9-27(10-2)11-12-29-21-26-25-20(30-21)24-19(28)16-13-17(22(3,4)5)15-18(14-16)23(6,7)8/h13-15H,9-12H2,1-8H3,(H,24,25,28). The van der Waals surface area contributed by atoms with Crippen molar-refractivity contribution in [1.82, 2.24) is 15.1 Å². The van der Waals surface area contributed by atoms with Crippen molar-refractivity contribution in [2.45, 2.75) is 70.6 Å². The van der Waals surface area contributed by atoms with Crippen LogP contribution in [0.1, 0.15) is 76.9 Å². The van der Waals surface area contributed by atoms with Gasteiger partial charge in [-0.15, -0.1) is 10.2 Å². The van der Waals surface area contributed by atoms with Crippen molar-refractivity contribution in [2.75, 3.05) is 30.7 Å². The fourth-order valence-corrected chi connectivity index (χ4v) is 4.73. The molecular weight excluding hydrogens is 412 g/mol. The number of rotatable bonds is 8. The first-order valence-corrected chi connectivity index (χ1v) is 12.4. The maximum absolute atomic E-state index is 13.0. The zero-order valence-electron chi connectivity index (χ0n) is 19.6. The van der Waals surface area contributed by atoms with E-state index in [2.05, 4.69) is 81.9 Å². The molecule has 1 aromatic heterocycles. The van der Waals surface area contributed by atoms with Gasteiger partial charge in [-0.05, 0) is 47.2 Å². The van der Waals surface area contributed by atoms with E-state index in [0.717, 1.165) is 40.9 Å². The smallest absolute Gasteiger partial charge is 0.257 e. The van der Waals surface area contributed by atoms with Gasteiger partial charge in [0.1, 0.15) is 0 Å². The number of hydrogen-bond acceptors (Lipinski definition) is 6. The molecule has 2 aromatic rings. The number of thioether (sulfide) groups is 1. The summed E-state index contributed by atoms with van der Waals surface area (Å²) in [5, 5.41) is 11.9. The summed E-state index contributed by atoms with van der Waals surface area (Å²) in [4.78, 5) is 15.4. The third-order valence-corrected chi connectivity index (χ3v) is 7.03. The van der Waals surface area contributed by atoms with Crippen LogP contribution in [0.3, 0.4) is 0 Å². The van der Waals surface area contributed by atoms with E-state index < -0.39 is 0 Å². The van der Waals surface area contributed by atoms with Crippen LogP contribution < -0.4 is 5.32 Å². The molecule has 0 spiro atoms. The van der Waals surface area contributed by atoms with Crippen molar-refractivity contribution in [3.63, 3.8) is 0 Å². The molecule has 1 amide bonds. The fourth-order valence-electron chi connectivity index (χ4n) is 2.91. The van der Waals surface area contributed by atoms with Crippen molar-refractivity contribution in [1.29, 1.82) is 0 Å². The van der Waals surface area contributed by atoms with Crippen molar-refractivity contribution in [3.05, 3.63) is 34.9 Å². The van der Waals surface area contributed by atoms with Gasteiger partial charge in [0.15, 0.2) is 4.34 Å². The molecule has 0 aliphatic heterocycles. The molecule has 2 rings (SSSR count). The number of amides is 1. The van der Waals surface area contributed by atoms with Gasteiger partial charge in [0, 0.05) is 17.9 Å². The Morgan fingerprint density at radius 1 is 1.00 bits per heavy atom. The predicted octanol–water partition coefficient (Wildman–Crippen LogP) is 5.82. The summed E-state index contributed by atoms with van der Waals surface area (Å²) in [5.74, 6) is 0.828. The van der Waals surface area contributed by atoms with Gasteiger partial charge >= 0.3 is 0 Å². The summed E-state index contributed by atoms with van der Waals surface area (Å²) < 4.78 is 0.885. The molecule has 166 valence electrons. The first-order chi connectivity index (χ1) is 13.9. The minimum atomic E-state index is -0.137. The Morgan fingerprint density at radius 3 is 2.07 bits per heavy atom.